The lowest BCUT2D eigenvalue weighted by Crippen LogP contribution is -2.19. The summed E-state index contributed by atoms with van der Waals surface area (Å²) in [7, 11) is 0. The standard InChI is InChI=1S/C27H25N7O4/c1-27(2,3)23-14-24(33-32-23)31-26(37)30-16-4-6-17(7-5-16)34-15-29-20-12-18(8-9-22(20)34)38-19-10-11-28-21(13-19)25(35)36/h4-15H,1-3H3,(H,35,36)(H3,30,31,32,33,37). The molecule has 0 saturated heterocycles. The number of amides is 2. The molecule has 0 aliphatic rings. The Hall–Kier alpha value is -5.19. The number of fused-ring (bicyclic) bond motifs is 1. The summed E-state index contributed by atoms with van der Waals surface area (Å²) in [6, 6.07) is 17.1. The second-order valence-corrected chi connectivity index (χ2v) is 9.59. The maximum atomic E-state index is 12.4. The second kappa shape index (κ2) is 9.69. The molecule has 0 bridgehead atoms. The van der Waals surface area contributed by atoms with Gasteiger partial charge in [-0.1, -0.05) is 20.8 Å². The van der Waals surface area contributed by atoms with Gasteiger partial charge in [0.1, 0.15) is 17.8 Å². The number of aromatic nitrogens is 5. The smallest absolute Gasteiger partial charge is 0.354 e. The zero-order valence-corrected chi connectivity index (χ0v) is 20.9. The SMILES string of the molecule is CC(C)(C)c1cc(NC(=O)Nc2ccc(-n3cnc4cc(Oc5ccnc(C(=O)O)c5)ccc43)cc2)n[nH]1. The van der Waals surface area contributed by atoms with E-state index in [4.69, 9.17) is 9.84 Å². The summed E-state index contributed by atoms with van der Waals surface area (Å²) in [5.74, 6) is 0.204. The van der Waals surface area contributed by atoms with E-state index in [1.165, 1.54) is 12.3 Å². The summed E-state index contributed by atoms with van der Waals surface area (Å²) in [6.45, 7) is 6.18. The highest BCUT2D eigenvalue weighted by Gasteiger charge is 2.17. The van der Waals surface area contributed by atoms with E-state index in [1.54, 1.807) is 36.7 Å². The largest absolute Gasteiger partial charge is 0.477 e. The number of pyridine rings is 1. The van der Waals surface area contributed by atoms with Crippen LogP contribution in [0.2, 0.25) is 0 Å². The van der Waals surface area contributed by atoms with Gasteiger partial charge < -0.3 is 15.2 Å². The van der Waals surface area contributed by atoms with Gasteiger partial charge in [-0.2, -0.15) is 5.10 Å². The van der Waals surface area contributed by atoms with E-state index in [1.807, 2.05) is 28.8 Å². The number of hydrogen-bond acceptors (Lipinski definition) is 6. The van der Waals surface area contributed by atoms with Crippen molar-refractivity contribution < 1.29 is 19.4 Å². The molecule has 0 saturated carbocycles. The number of nitrogens with zero attached hydrogens (tertiary/aromatic N) is 4. The van der Waals surface area contributed by atoms with Gasteiger partial charge in [0.25, 0.3) is 0 Å². The number of carboxylic acid groups (broad SMARTS) is 1. The van der Waals surface area contributed by atoms with Crippen molar-refractivity contribution in [2.75, 3.05) is 10.6 Å². The van der Waals surface area contributed by atoms with Crippen LogP contribution in [0.25, 0.3) is 16.7 Å². The van der Waals surface area contributed by atoms with Crippen LogP contribution in [0.4, 0.5) is 16.3 Å². The molecule has 38 heavy (non-hydrogen) atoms. The highest BCUT2D eigenvalue weighted by molar-refractivity contribution is 5.99. The molecule has 2 amide bonds. The van der Waals surface area contributed by atoms with E-state index in [0.717, 1.165) is 16.9 Å². The van der Waals surface area contributed by atoms with Gasteiger partial charge in [0.2, 0.25) is 0 Å². The van der Waals surface area contributed by atoms with E-state index in [-0.39, 0.29) is 11.1 Å². The number of carbonyl (C=O) groups is 2. The number of aromatic amines is 1. The van der Waals surface area contributed by atoms with Gasteiger partial charge in [-0.3, -0.25) is 15.0 Å². The van der Waals surface area contributed by atoms with E-state index in [0.29, 0.717) is 28.5 Å². The van der Waals surface area contributed by atoms with Gasteiger partial charge in [0, 0.05) is 46.9 Å². The molecule has 2 aromatic carbocycles. The lowest BCUT2D eigenvalue weighted by Gasteiger charge is -2.14. The Labute approximate surface area is 217 Å². The molecular formula is C27H25N7O4. The molecule has 0 spiro atoms. The van der Waals surface area contributed by atoms with E-state index >= 15 is 0 Å². The van der Waals surface area contributed by atoms with Crippen LogP contribution in [0.1, 0.15) is 37.0 Å². The van der Waals surface area contributed by atoms with Crippen LogP contribution in [-0.4, -0.2) is 41.8 Å². The van der Waals surface area contributed by atoms with E-state index < -0.39 is 12.0 Å². The fraction of sp³-hybridized carbons (Fsp3) is 0.148. The fourth-order valence-electron chi connectivity index (χ4n) is 3.74. The number of urea groups is 1. The van der Waals surface area contributed by atoms with Gasteiger partial charge in [0.15, 0.2) is 11.5 Å². The van der Waals surface area contributed by atoms with Crippen molar-refractivity contribution in [3.63, 3.8) is 0 Å². The van der Waals surface area contributed by atoms with Crippen LogP contribution < -0.4 is 15.4 Å². The fourth-order valence-corrected chi connectivity index (χ4v) is 3.74. The summed E-state index contributed by atoms with van der Waals surface area (Å²) >= 11 is 0. The maximum absolute atomic E-state index is 12.4. The Morgan fingerprint density at radius 3 is 2.42 bits per heavy atom. The third-order valence-electron chi connectivity index (χ3n) is 5.74. The van der Waals surface area contributed by atoms with E-state index in [9.17, 15) is 9.59 Å². The number of nitrogens with one attached hydrogen (secondary N) is 3. The van der Waals surface area contributed by atoms with Crippen LogP contribution in [0.3, 0.4) is 0 Å². The predicted molar refractivity (Wildman–Crippen MR) is 142 cm³/mol. The molecule has 0 aliphatic heterocycles. The Bertz CT molecular complexity index is 1630. The third-order valence-corrected chi connectivity index (χ3v) is 5.74. The molecule has 0 fully saturated rings. The number of imidazole rings is 1. The minimum absolute atomic E-state index is 0.0981. The summed E-state index contributed by atoms with van der Waals surface area (Å²) in [5, 5.41) is 21.7. The maximum Gasteiger partial charge on any atom is 0.354 e. The highest BCUT2D eigenvalue weighted by Crippen LogP contribution is 2.27. The Morgan fingerprint density at radius 2 is 1.71 bits per heavy atom. The van der Waals surface area contributed by atoms with Crippen LogP contribution in [0.15, 0.2) is 73.2 Å². The number of rotatable bonds is 6. The Balaban J connectivity index is 1.26. The van der Waals surface area contributed by atoms with Crippen molar-refractivity contribution in [1.82, 2.24) is 24.7 Å². The third kappa shape index (κ3) is 5.31. The molecule has 192 valence electrons. The molecule has 11 heteroatoms. The molecule has 5 aromatic rings. The average molecular weight is 512 g/mol. The zero-order chi connectivity index (χ0) is 26.9. The number of aromatic carboxylic acids is 1. The first kappa shape index (κ1) is 24.5. The van der Waals surface area contributed by atoms with Crippen molar-refractivity contribution in [1.29, 1.82) is 0 Å². The number of anilines is 2. The van der Waals surface area contributed by atoms with Crippen molar-refractivity contribution in [2.45, 2.75) is 26.2 Å². The lowest BCUT2D eigenvalue weighted by atomic mass is 9.92. The Kier molecular flexibility index (Phi) is 6.25. The summed E-state index contributed by atoms with van der Waals surface area (Å²) in [5.41, 5.74) is 3.75. The molecule has 0 unspecified atom stereocenters. The summed E-state index contributed by atoms with van der Waals surface area (Å²) in [4.78, 5) is 31.8. The number of carbonyl (C=O) groups excluding carboxylic acids is 1. The number of ether oxygens (including phenoxy) is 1. The van der Waals surface area contributed by atoms with Crippen LogP contribution in [0.5, 0.6) is 11.5 Å². The van der Waals surface area contributed by atoms with E-state index in [2.05, 4.69) is 51.6 Å². The average Bonchev–Trinajstić information content (AvgIpc) is 3.52. The summed E-state index contributed by atoms with van der Waals surface area (Å²) in [6.07, 6.45) is 3.08. The quantitative estimate of drug-likeness (QED) is 0.233. The first-order valence-corrected chi connectivity index (χ1v) is 11.7. The van der Waals surface area contributed by atoms with Gasteiger partial charge in [-0.05, 0) is 42.5 Å². The molecule has 3 heterocycles. The number of carboxylic acids is 1. The summed E-state index contributed by atoms with van der Waals surface area (Å²) < 4.78 is 7.71. The molecule has 0 atom stereocenters. The minimum Gasteiger partial charge on any atom is -0.477 e. The first-order chi connectivity index (χ1) is 18.2. The second-order valence-electron chi connectivity index (χ2n) is 9.59. The highest BCUT2D eigenvalue weighted by atomic mass is 16.5. The normalized spacial score (nSPS) is 11.3. The van der Waals surface area contributed by atoms with Gasteiger partial charge in [0.05, 0.1) is 11.0 Å². The van der Waals surface area contributed by atoms with Gasteiger partial charge in [-0.25, -0.2) is 19.6 Å². The van der Waals surface area contributed by atoms with Crippen LogP contribution >= 0.6 is 0 Å². The molecule has 0 aliphatic carbocycles. The number of H-pyrrole nitrogens is 1. The van der Waals surface area contributed by atoms with Gasteiger partial charge >= 0.3 is 12.0 Å². The monoisotopic (exact) mass is 511 g/mol. The molecule has 3 aromatic heterocycles. The van der Waals surface area contributed by atoms with Gasteiger partial charge in [-0.15, -0.1) is 0 Å². The zero-order valence-electron chi connectivity index (χ0n) is 20.9. The number of hydrogen-bond donors (Lipinski definition) is 4. The molecule has 11 nitrogen and oxygen atoms in total. The number of benzene rings is 2. The van der Waals surface area contributed by atoms with Crippen LogP contribution in [0, 0.1) is 0 Å². The predicted octanol–water partition coefficient (Wildman–Crippen LogP) is 5.58. The Morgan fingerprint density at radius 1 is 0.947 bits per heavy atom. The van der Waals surface area contributed by atoms with Crippen molar-refractivity contribution in [3.05, 3.63) is 84.6 Å². The molecule has 0 radical (unpaired) electrons. The first-order valence-electron chi connectivity index (χ1n) is 11.7. The van der Waals surface area contributed by atoms with Crippen molar-refractivity contribution >= 4 is 34.5 Å². The lowest BCUT2D eigenvalue weighted by molar-refractivity contribution is 0.0690. The van der Waals surface area contributed by atoms with Crippen molar-refractivity contribution in [2.24, 2.45) is 0 Å². The van der Waals surface area contributed by atoms with Crippen LogP contribution in [-0.2, 0) is 5.41 Å². The molecule has 4 N–H and O–H groups in total. The molecular weight excluding hydrogens is 486 g/mol. The minimum atomic E-state index is -1.13. The topological polar surface area (TPSA) is 147 Å². The van der Waals surface area contributed by atoms with Crippen molar-refractivity contribution in [3.8, 4) is 17.2 Å². The molecule has 5 rings (SSSR count).